The number of carbonyl (C=O) groups excluding carboxylic acids is 2. The van der Waals surface area contributed by atoms with Gasteiger partial charge in [0.15, 0.2) is 5.43 Å². The van der Waals surface area contributed by atoms with Crippen LogP contribution in [0.15, 0.2) is 47.3 Å². The molecule has 2 aromatic rings. The molecule has 1 saturated heterocycles. The maximum Gasteiger partial charge on any atom is 0.410 e. The van der Waals surface area contributed by atoms with Crippen molar-refractivity contribution < 1.29 is 37.7 Å². The Morgan fingerprint density at radius 1 is 1.28 bits per heavy atom. The fourth-order valence-electron chi connectivity index (χ4n) is 5.38. The number of nitrogen functional groups attached to an aromatic ring is 1. The molecule has 2 atom stereocenters. The van der Waals surface area contributed by atoms with Gasteiger partial charge in [-0.2, -0.15) is 0 Å². The van der Waals surface area contributed by atoms with Gasteiger partial charge in [-0.05, 0) is 19.1 Å². The van der Waals surface area contributed by atoms with Gasteiger partial charge in [0.25, 0.3) is 0 Å². The van der Waals surface area contributed by atoms with Gasteiger partial charge < -0.3 is 34.7 Å². The number of rotatable bonds is 8. The second-order valence-corrected chi connectivity index (χ2v) is 11.3. The molecule has 3 N–H and O–H groups in total. The number of likely N-dealkylation sites (tertiary alicyclic amines) is 1. The Labute approximate surface area is 250 Å². The Bertz CT molecular complexity index is 1610. The first-order valence-electron chi connectivity index (χ1n) is 13.2. The molecule has 1 fully saturated rings. The van der Waals surface area contributed by atoms with Gasteiger partial charge in [0.1, 0.15) is 35.3 Å². The Kier molecular flexibility index (Phi) is 8.59. The van der Waals surface area contributed by atoms with Crippen LogP contribution in [-0.4, -0.2) is 70.3 Å². The number of carboxylic acids is 1. The summed E-state index contributed by atoms with van der Waals surface area (Å²) in [6.07, 6.45) is 1.86. The molecule has 0 bridgehead atoms. The molecule has 230 valence electrons. The molecule has 2 aliphatic rings. The summed E-state index contributed by atoms with van der Waals surface area (Å²) in [5.41, 5.74) is 3.95. The quantitative estimate of drug-likeness (QED) is 0.194. The number of halogens is 3. The maximum atomic E-state index is 16.2. The van der Waals surface area contributed by atoms with Crippen LogP contribution in [0.1, 0.15) is 53.9 Å². The van der Waals surface area contributed by atoms with Crippen LogP contribution < -0.4 is 11.2 Å². The number of allylic oxidation sites excluding steroid dienone is 2. The minimum atomic E-state index is -1.77. The molecule has 1 aliphatic carbocycles. The van der Waals surface area contributed by atoms with Gasteiger partial charge in [0.05, 0.1) is 28.8 Å². The predicted octanol–water partition coefficient (Wildman–Crippen LogP) is 4.01. The number of alkyl halides is 1. The van der Waals surface area contributed by atoms with Gasteiger partial charge >= 0.3 is 18.0 Å². The van der Waals surface area contributed by atoms with Crippen molar-refractivity contribution in [2.24, 2.45) is 0 Å². The second kappa shape index (κ2) is 11.7. The number of fused-ring (bicyclic) bond motifs is 1. The predicted molar refractivity (Wildman–Crippen MR) is 153 cm³/mol. The molecule has 1 aliphatic heterocycles. The molecule has 14 heteroatoms. The van der Waals surface area contributed by atoms with Crippen LogP contribution in [0.4, 0.5) is 19.3 Å². The number of benzene rings is 1. The lowest BCUT2D eigenvalue weighted by Crippen LogP contribution is -2.61. The summed E-state index contributed by atoms with van der Waals surface area (Å²) < 4.78 is 42.2. The van der Waals surface area contributed by atoms with Crippen molar-refractivity contribution >= 4 is 35.3 Å². The third-order valence-electron chi connectivity index (χ3n) is 7.63. The number of anilines is 1. The van der Waals surface area contributed by atoms with E-state index in [2.05, 4.69) is 6.58 Å². The fraction of sp³-hybridized carbons (Fsp3) is 0.379. The molecule has 11 nitrogen and oxygen atoms in total. The van der Waals surface area contributed by atoms with E-state index in [0.717, 1.165) is 19.2 Å². The van der Waals surface area contributed by atoms with Crippen molar-refractivity contribution in [3.8, 4) is 5.69 Å². The third-order valence-corrected chi connectivity index (χ3v) is 7.99. The van der Waals surface area contributed by atoms with Crippen molar-refractivity contribution in [2.45, 2.75) is 44.2 Å². The zero-order chi connectivity index (χ0) is 32.0. The number of hydrogen-bond acceptors (Lipinski definition) is 8. The molecule has 0 spiro atoms. The number of nitrogens with zero attached hydrogens (tertiary/aromatic N) is 3. The average molecular weight is 621 g/mol. The number of likely N-dealkylation sites (N-methyl/N-ethyl adjacent to an activating group) is 1. The molecule has 4 rings (SSSR count). The summed E-state index contributed by atoms with van der Waals surface area (Å²) in [5.74, 6) is -5.03. The number of esters is 1. The van der Waals surface area contributed by atoms with Crippen LogP contribution in [0.2, 0.25) is 0 Å². The van der Waals surface area contributed by atoms with Crippen molar-refractivity contribution in [1.82, 2.24) is 14.4 Å². The van der Waals surface area contributed by atoms with Gasteiger partial charge in [-0.25, -0.2) is 18.4 Å². The Morgan fingerprint density at radius 2 is 1.93 bits per heavy atom. The zero-order valence-electron chi connectivity index (χ0n) is 23.9. The molecule has 2 unspecified atom stereocenters. The van der Waals surface area contributed by atoms with Crippen molar-refractivity contribution in [2.75, 3.05) is 32.5 Å². The number of carboxylic acid groups (broad SMARTS) is 1. The van der Waals surface area contributed by atoms with Gasteiger partial charge in [0, 0.05) is 50.3 Å². The van der Waals surface area contributed by atoms with Crippen LogP contribution in [0.5, 0.6) is 0 Å². The highest BCUT2D eigenvalue weighted by Crippen LogP contribution is 2.51. The minimum absolute atomic E-state index is 0.0196. The Balaban J connectivity index is 1.89. The van der Waals surface area contributed by atoms with Crippen LogP contribution >= 0.6 is 11.6 Å². The minimum Gasteiger partial charge on any atom is -0.477 e. The molecule has 1 aromatic heterocycles. The van der Waals surface area contributed by atoms with E-state index in [4.69, 9.17) is 26.8 Å². The molecule has 0 radical (unpaired) electrons. The lowest BCUT2D eigenvalue weighted by molar-refractivity contribution is -0.142. The van der Waals surface area contributed by atoms with Gasteiger partial charge in [-0.15, -0.1) is 11.6 Å². The molecular formula is C29H31ClF2N4O7. The highest BCUT2D eigenvalue weighted by atomic mass is 35.5. The van der Waals surface area contributed by atoms with Crippen LogP contribution in [0, 0.1) is 5.82 Å². The average Bonchev–Trinajstić information content (AvgIpc) is 2.91. The van der Waals surface area contributed by atoms with Crippen LogP contribution in [-0.2, 0) is 25.7 Å². The number of aromatic carboxylic acids is 1. The van der Waals surface area contributed by atoms with E-state index in [0.29, 0.717) is 0 Å². The normalized spacial score (nSPS) is 19.8. The molecular weight excluding hydrogens is 590 g/mol. The third kappa shape index (κ3) is 5.56. The first-order valence-corrected chi connectivity index (χ1v) is 13.6. The molecule has 1 amide bonds. The van der Waals surface area contributed by atoms with Crippen molar-refractivity contribution in [1.29, 1.82) is 0 Å². The maximum absolute atomic E-state index is 16.2. The number of ether oxygens (including phenoxy) is 2. The summed E-state index contributed by atoms with van der Waals surface area (Å²) in [4.78, 5) is 50.7. The first-order chi connectivity index (χ1) is 20.1. The van der Waals surface area contributed by atoms with E-state index in [1.165, 1.54) is 35.5 Å². The smallest absolute Gasteiger partial charge is 0.410 e. The fourth-order valence-corrected chi connectivity index (χ4v) is 5.78. The topological polar surface area (TPSA) is 144 Å². The lowest BCUT2D eigenvalue weighted by Gasteiger charge is -2.50. The summed E-state index contributed by atoms with van der Waals surface area (Å²) in [6, 6.07) is 1.88. The molecule has 1 aromatic carbocycles. The summed E-state index contributed by atoms with van der Waals surface area (Å²) in [5, 5.41) is 9.87. The van der Waals surface area contributed by atoms with E-state index < -0.39 is 58.1 Å². The monoisotopic (exact) mass is 620 g/mol. The van der Waals surface area contributed by atoms with E-state index in [9.17, 15) is 28.7 Å². The van der Waals surface area contributed by atoms with E-state index in [1.807, 2.05) is 0 Å². The summed E-state index contributed by atoms with van der Waals surface area (Å²) in [7, 11) is 1.55. The van der Waals surface area contributed by atoms with E-state index in [-0.39, 0.29) is 59.6 Å². The van der Waals surface area contributed by atoms with Crippen molar-refractivity contribution in [3.05, 3.63) is 80.9 Å². The highest BCUT2D eigenvalue weighted by Gasteiger charge is 2.50. The number of aromatic nitrogens is 1. The van der Waals surface area contributed by atoms with E-state index in [1.54, 1.807) is 11.9 Å². The Hall–Kier alpha value is -4.39. The van der Waals surface area contributed by atoms with Crippen LogP contribution in [0.25, 0.3) is 5.69 Å². The van der Waals surface area contributed by atoms with Gasteiger partial charge in [0.2, 0.25) is 0 Å². The standard InChI is InChI=1S/C29H31ClF2N4O7/c1-6-7-42-28(41)34(5)17-10-35(11-17)26-23(32)14(2)22-24(38)18(27(39)40)12-36(25(22)29(26,4)30)21-9-20(33)19(31)8-16(21)13-43-15(3)37/h6,8-9,12,14,17H,1,7,10-11,13,33H2,2-5H3,(H,39,40). The lowest BCUT2D eigenvalue weighted by atomic mass is 9.80. The molecule has 43 heavy (non-hydrogen) atoms. The largest absolute Gasteiger partial charge is 0.477 e. The number of nitrogens with two attached hydrogens (primary N) is 1. The molecule has 0 saturated carbocycles. The number of hydrogen-bond donors (Lipinski definition) is 2. The molecule has 2 heterocycles. The number of amides is 1. The number of carbonyl (C=O) groups is 3. The first kappa shape index (κ1) is 31.5. The van der Waals surface area contributed by atoms with Gasteiger partial charge in [-0.3, -0.25) is 9.59 Å². The second-order valence-electron chi connectivity index (χ2n) is 10.5. The van der Waals surface area contributed by atoms with Crippen LogP contribution in [0.3, 0.4) is 0 Å². The van der Waals surface area contributed by atoms with Crippen molar-refractivity contribution in [3.63, 3.8) is 0 Å². The summed E-state index contributed by atoms with van der Waals surface area (Å²) >= 11 is 7.15. The van der Waals surface area contributed by atoms with E-state index >= 15 is 4.39 Å². The number of pyridine rings is 1. The zero-order valence-corrected chi connectivity index (χ0v) is 24.7. The Morgan fingerprint density at radius 3 is 2.51 bits per heavy atom. The van der Waals surface area contributed by atoms with Gasteiger partial charge in [-0.1, -0.05) is 19.6 Å². The SMILES string of the molecule is C=CCOC(=O)N(C)C1CN(C2=C(F)C(C)c3c(n(-c4cc(N)c(F)cc4COC(C)=O)cc(C(=O)O)c3=O)C2(C)Cl)C1. The summed E-state index contributed by atoms with van der Waals surface area (Å²) in [6.45, 7) is 7.51. The highest BCUT2D eigenvalue weighted by molar-refractivity contribution is 6.26.